The van der Waals surface area contributed by atoms with Gasteiger partial charge in [-0.1, -0.05) is 0 Å². The summed E-state index contributed by atoms with van der Waals surface area (Å²) in [5.74, 6) is -0.391. The number of rotatable bonds is 10. The van der Waals surface area contributed by atoms with E-state index in [0.717, 1.165) is 13.2 Å². The van der Waals surface area contributed by atoms with E-state index in [1.165, 1.54) is 20.4 Å². The number of carbonyl (C=O) groups is 1. The molecule has 0 bridgehead atoms. The van der Waals surface area contributed by atoms with Crippen molar-refractivity contribution >= 4 is 23.5 Å². The molecule has 0 unspecified atom stereocenters. The van der Waals surface area contributed by atoms with Crippen molar-refractivity contribution in [3.05, 3.63) is 56.1 Å². The SMILES string of the molecule is COc1ccc(C=NNC(=O)COc2c(OC)cc([N+](=O)[O-])cc2[N+](=O)[O-])c(OC)c1. The zero-order chi connectivity index (χ0) is 23.0. The summed E-state index contributed by atoms with van der Waals surface area (Å²) in [7, 11) is 4.12. The van der Waals surface area contributed by atoms with E-state index in [0.29, 0.717) is 23.1 Å². The standard InChI is InChI=1S/C18H18N4O9/c1-28-13-5-4-11(15(8-13)29-2)9-19-20-17(23)10-31-18-14(22(26)27)6-12(21(24)25)7-16(18)30-3/h4-9H,10H2,1-3H3,(H,20,23). The van der Waals surface area contributed by atoms with Gasteiger partial charge in [0.25, 0.3) is 11.6 Å². The molecule has 0 heterocycles. The number of nitrogens with one attached hydrogen (secondary N) is 1. The Labute approximate surface area is 175 Å². The van der Waals surface area contributed by atoms with Gasteiger partial charge in [0.05, 0.1) is 49.5 Å². The van der Waals surface area contributed by atoms with Gasteiger partial charge in [-0.05, 0) is 12.1 Å². The topological polar surface area (TPSA) is 165 Å². The van der Waals surface area contributed by atoms with Gasteiger partial charge in [-0.3, -0.25) is 25.0 Å². The summed E-state index contributed by atoms with van der Waals surface area (Å²) < 4.78 is 20.4. The van der Waals surface area contributed by atoms with E-state index in [2.05, 4.69) is 10.5 Å². The van der Waals surface area contributed by atoms with E-state index in [-0.39, 0.29) is 5.75 Å². The van der Waals surface area contributed by atoms with Crippen molar-refractivity contribution in [2.45, 2.75) is 0 Å². The van der Waals surface area contributed by atoms with Crippen molar-refractivity contribution in [3.8, 4) is 23.0 Å². The first-order valence-corrected chi connectivity index (χ1v) is 8.48. The third-order valence-corrected chi connectivity index (χ3v) is 3.83. The quantitative estimate of drug-likeness (QED) is 0.335. The Kier molecular flexibility index (Phi) is 7.66. The third-order valence-electron chi connectivity index (χ3n) is 3.83. The van der Waals surface area contributed by atoms with Gasteiger partial charge in [0.1, 0.15) is 11.5 Å². The van der Waals surface area contributed by atoms with Crippen LogP contribution in [0.1, 0.15) is 5.56 Å². The number of ether oxygens (including phenoxy) is 4. The fourth-order valence-electron chi connectivity index (χ4n) is 2.38. The molecule has 13 nitrogen and oxygen atoms in total. The van der Waals surface area contributed by atoms with Crippen LogP contribution in [0.5, 0.6) is 23.0 Å². The van der Waals surface area contributed by atoms with Gasteiger partial charge in [-0.2, -0.15) is 5.10 Å². The maximum absolute atomic E-state index is 12.0. The highest BCUT2D eigenvalue weighted by Gasteiger charge is 2.27. The second-order valence-electron chi connectivity index (χ2n) is 5.70. The minimum Gasteiger partial charge on any atom is -0.497 e. The monoisotopic (exact) mass is 434 g/mol. The highest BCUT2D eigenvalue weighted by molar-refractivity contribution is 5.86. The average Bonchev–Trinajstić information content (AvgIpc) is 2.76. The van der Waals surface area contributed by atoms with E-state index in [1.54, 1.807) is 18.2 Å². The van der Waals surface area contributed by atoms with Crippen molar-refractivity contribution in [1.29, 1.82) is 0 Å². The molecular weight excluding hydrogens is 416 g/mol. The fraction of sp³-hybridized carbons (Fsp3) is 0.222. The predicted molar refractivity (Wildman–Crippen MR) is 107 cm³/mol. The van der Waals surface area contributed by atoms with E-state index in [4.69, 9.17) is 18.9 Å². The lowest BCUT2D eigenvalue weighted by Crippen LogP contribution is -2.25. The van der Waals surface area contributed by atoms with Gasteiger partial charge < -0.3 is 18.9 Å². The molecule has 0 saturated carbocycles. The molecule has 0 radical (unpaired) electrons. The number of nitrogens with zero attached hydrogens (tertiary/aromatic N) is 3. The number of methoxy groups -OCH3 is 3. The summed E-state index contributed by atoms with van der Waals surface area (Å²) >= 11 is 0. The number of carbonyl (C=O) groups excluding carboxylic acids is 1. The number of hydrogen-bond donors (Lipinski definition) is 1. The first-order chi connectivity index (χ1) is 14.8. The van der Waals surface area contributed by atoms with Gasteiger partial charge in [-0.25, -0.2) is 5.43 Å². The van der Waals surface area contributed by atoms with Crippen LogP contribution in [-0.4, -0.2) is 49.9 Å². The Morgan fingerprint density at radius 3 is 2.32 bits per heavy atom. The van der Waals surface area contributed by atoms with Crippen LogP contribution in [0.4, 0.5) is 11.4 Å². The zero-order valence-electron chi connectivity index (χ0n) is 16.7. The highest BCUT2D eigenvalue weighted by Crippen LogP contribution is 2.40. The Morgan fingerprint density at radius 1 is 1.03 bits per heavy atom. The van der Waals surface area contributed by atoms with E-state index < -0.39 is 39.5 Å². The van der Waals surface area contributed by atoms with E-state index in [1.807, 2.05) is 0 Å². The highest BCUT2D eigenvalue weighted by atomic mass is 16.6. The summed E-state index contributed by atoms with van der Waals surface area (Å²) in [6.07, 6.45) is 1.32. The summed E-state index contributed by atoms with van der Waals surface area (Å²) in [4.78, 5) is 32.5. The molecule has 0 saturated heterocycles. The molecule has 2 aromatic rings. The largest absolute Gasteiger partial charge is 0.497 e. The second kappa shape index (κ2) is 10.4. The second-order valence-corrected chi connectivity index (χ2v) is 5.70. The fourth-order valence-corrected chi connectivity index (χ4v) is 2.38. The number of amides is 1. The lowest BCUT2D eigenvalue weighted by atomic mass is 10.2. The summed E-state index contributed by atoms with van der Waals surface area (Å²) in [5.41, 5.74) is 1.48. The zero-order valence-corrected chi connectivity index (χ0v) is 16.7. The molecule has 0 spiro atoms. The Morgan fingerprint density at radius 2 is 1.74 bits per heavy atom. The molecule has 1 amide bonds. The molecule has 0 aliphatic rings. The van der Waals surface area contributed by atoms with Crippen LogP contribution in [-0.2, 0) is 4.79 Å². The van der Waals surface area contributed by atoms with Crippen LogP contribution in [0.15, 0.2) is 35.4 Å². The van der Waals surface area contributed by atoms with Crippen LogP contribution in [0, 0.1) is 20.2 Å². The summed E-state index contributed by atoms with van der Waals surface area (Å²) in [6, 6.07) is 6.63. The van der Waals surface area contributed by atoms with Crippen molar-refractivity contribution in [2.75, 3.05) is 27.9 Å². The molecule has 0 aromatic heterocycles. The van der Waals surface area contributed by atoms with Gasteiger partial charge in [0.15, 0.2) is 12.4 Å². The minimum absolute atomic E-state index is 0.264. The maximum Gasteiger partial charge on any atom is 0.321 e. The summed E-state index contributed by atoms with van der Waals surface area (Å²) in [5, 5.41) is 26.0. The molecule has 2 aromatic carbocycles. The summed E-state index contributed by atoms with van der Waals surface area (Å²) in [6.45, 7) is -0.661. The lowest BCUT2D eigenvalue weighted by molar-refractivity contribution is -0.394. The molecule has 31 heavy (non-hydrogen) atoms. The smallest absolute Gasteiger partial charge is 0.321 e. The van der Waals surface area contributed by atoms with Crippen molar-refractivity contribution in [2.24, 2.45) is 5.10 Å². The van der Waals surface area contributed by atoms with Crippen molar-refractivity contribution in [3.63, 3.8) is 0 Å². The average molecular weight is 434 g/mol. The van der Waals surface area contributed by atoms with Gasteiger partial charge in [-0.15, -0.1) is 0 Å². The molecule has 0 aliphatic heterocycles. The van der Waals surface area contributed by atoms with E-state index >= 15 is 0 Å². The molecule has 0 atom stereocenters. The molecule has 1 N–H and O–H groups in total. The van der Waals surface area contributed by atoms with Gasteiger partial charge >= 0.3 is 5.69 Å². The molecule has 0 aliphatic carbocycles. The third kappa shape index (κ3) is 5.79. The molecule has 2 rings (SSSR count). The van der Waals surface area contributed by atoms with Gasteiger partial charge in [0.2, 0.25) is 5.75 Å². The Balaban J connectivity index is 2.10. The first-order valence-electron chi connectivity index (χ1n) is 8.48. The molecule has 164 valence electrons. The van der Waals surface area contributed by atoms with Crippen LogP contribution < -0.4 is 24.4 Å². The Bertz CT molecular complexity index is 1020. The number of hydrazone groups is 1. The molecular formula is C18H18N4O9. The van der Waals surface area contributed by atoms with Crippen LogP contribution in [0.3, 0.4) is 0 Å². The molecule has 13 heteroatoms. The number of hydrogen-bond acceptors (Lipinski definition) is 10. The minimum atomic E-state index is -0.878. The van der Waals surface area contributed by atoms with Crippen molar-refractivity contribution < 1.29 is 33.6 Å². The number of nitro groups is 2. The van der Waals surface area contributed by atoms with Crippen LogP contribution in [0.25, 0.3) is 0 Å². The number of nitro benzene ring substituents is 2. The maximum atomic E-state index is 12.0. The predicted octanol–water partition coefficient (Wildman–Crippen LogP) is 2.06. The van der Waals surface area contributed by atoms with Crippen molar-refractivity contribution in [1.82, 2.24) is 5.43 Å². The van der Waals surface area contributed by atoms with Gasteiger partial charge in [0, 0.05) is 11.6 Å². The molecule has 0 fully saturated rings. The number of non-ortho nitro benzene ring substituents is 1. The number of benzene rings is 2. The Hall–Kier alpha value is -4.42. The van der Waals surface area contributed by atoms with Crippen LogP contribution >= 0.6 is 0 Å². The first kappa shape index (κ1) is 22.9. The lowest BCUT2D eigenvalue weighted by Gasteiger charge is -2.10. The van der Waals surface area contributed by atoms with E-state index in [9.17, 15) is 25.0 Å². The van der Waals surface area contributed by atoms with Crippen LogP contribution in [0.2, 0.25) is 0 Å². The normalized spacial score (nSPS) is 10.4.